The lowest BCUT2D eigenvalue weighted by atomic mass is 10.1. The second-order valence-electron chi connectivity index (χ2n) is 7.13. The van der Waals surface area contributed by atoms with Crippen LogP contribution in [0, 0.1) is 11.7 Å². The van der Waals surface area contributed by atoms with Gasteiger partial charge < -0.3 is 4.90 Å². The highest BCUT2D eigenvalue weighted by molar-refractivity contribution is 7.89. The van der Waals surface area contributed by atoms with Crippen LogP contribution < -0.4 is 0 Å². The zero-order chi connectivity index (χ0) is 18.1. The molecule has 0 aliphatic carbocycles. The maximum absolute atomic E-state index is 13.2. The number of hydrogen-bond donors (Lipinski definition) is 0. The number of benzene rings is 1. The zero-order valence-corrected chi connectivity index (χ0v) is 15.4. The van der Waals surface area contributed by atoms with Gasteiger partial charge in [-0.05, 0) is 56.3 Å². The highest BCUT2D eigenvalue weighted by atomic mass is 32.2. The molecule has 3 heterocycles. The molecule has 1 aromatic carbocycles. The Kier molecular flexibility index (Phi) is 4.81. The van der Waals surface area contributed by atoms with Crippen LogP contribution in [0.4, 0.5) is 4.39 Å². The molecule has 1 fully saturated rings. The summed E-state index contributed by atoms with van der Waals surface area (Å²) in [5.41, 5.74) is 0.889. The molecule has 0 saturated carbocycles. The Bertz CT molecular complexity index is 860. The second-order valence-corrected chi connectivity index (χ2v) is 9.07. The maximum Gasteiger partial charge on any atom is 0.243 e. The first-order valence-corrected chi connectivity index (χ1v) is 10.4. The van der Waals surface area contributed by atoms with Gasteiger partial charge in [0.25, 0.3) is 0 Å². The topological polar surface area (TPSA) is 58.4 Å². The zero-order valence-electron chi connectivity index (χ0n) is 14.6. The Balaban J connectivity index is 1.62. The Morgan fingerprint density at radius 1 is 1.08 bits per heavy atom. The van der Waals surface area contributed by atoms with Gasteiger partial charge in [0.05, 0.1) is 17.1 Å². The van der Waals surface area contributed by atoms with Gasteiger partial charge >= 0.3 is 0 Å². The average Bonchev–Trinajstić information content (AvgIpc) is 3.24. The molecule has 0 unspecified atom stereocenters. The molecule has 0 radical (unpaired) electrons. The third kappa shape index (κ3) is 3.54. The second kappa shape index (κ2) is 7.09. The van der Waals surface area contributed by atoms with Crippen molar-refractivity contribution in [3.8, 4) is 0 Å². The first-order valence-electron chi connectivity index (χ1n) is 9.01. The van der Waals surface area contributed by atoms with Gasteiger partial charge in [-0.1, -0.05) is 0 Å². The summed E-state index contributed by atoms with van der Waals surface area (Å²) in [5.74, 6) is -0.269. The number of halogens is 1. The number of sulfonamides is 1. The normalized spacial score (nSPS) is 22.3. The van der Waals surface area contributed by atoms with Crippen molar-refractivity contribution in [3.05, 3.63) is 48.0 Å². The van der Waals surface area contributed by atoms with E-state index in [0.29, 0.717) is 13.1 Å². The van der Waals surface area contributed by atoms with Crippen LogP contribution in [-0.2, 0) is 23.1 Å². The standard InChI is InChI=1S/C18H23FN4O2S/c19-16-3-5-18(6-4-16)26(24,25)22-12-15(11-21-9-1-2-10-21)13-23-17(14-22)7-8-20-23/h3-8,15H,1-2,9-14H2/t15-/m1/s1. The van der Waals surface area contributed by atoms with Crippen molar-refractivity contribution in [2.45, 2.75) is 30.8 Å². The number of nitrogens with zero attached hydrogens (tertiary/aromatic N) is 4. The molecule has 0 bridgehead atoms. The fourth-order valence-corrected chi connectivity index (χ4v) is 5.37. The predicted octanol–water partition coefficient (Wildman–Crippen LogP) is 1.94. The molecule has 4 rings (SSSR count). The first-order chi connectivity index (χ1) is 12.5. The lowest BCUT2D eigenvalue weighted by Crippen LogP contribution is -2.38. The van der Waals surface area contributed by atoms with Crippen molar-refractivity contribution >= 4 is 10.0 Å². The molecule has 26 heavy (non-hydrogen) atoms. The van der Waals surface area contributed by atoms with Crippen LogP contribution in [-0.4, -0.2) is 53.6 Å². The average molecular weight is 378 g/mol. The molecule has 0 amide bonds. The van der Waals surface area contributed by atoms with Crippen LogP contribution in [0.5, 0.6) is 0 Å². The summed E-state index contributed by atoms with van der Waals surface area (Å²) in [6.07, 6.45) is 4.13. The fourth-order valence-electron chi connectivity index (χ4n) is 3.88. The lowest BCUT2D eigenvalue weighted by Gasteiger charge is -2.26. The van der Waals surface area contributed by atoms with Gasteiger partial charge in [-0.3, -0.25) is 4.68 Å². The molecule has 8 heteroatoms. The Hall–Kier alpha value is -1.77. The molecule has 0 spiro atoms. The van der Waals surface area contributed by atoms with E-state index in [1.54, 1.807) is 6.20 Å². The third-order valence-electron chi connectivity index (χ3n) is 5.20. The number of rotatable bonds is 4. The molecular formula is C18H23FN4O2S. The predicted molar refractivity (Wildman–Crippen MR) is 95.4 cm³/mol. The first kappa shape index (κ1) is 17.6. The SMILES string of the molecule is O=S(=O)(c1ccc(F)cc1)N1Cc2ccnn2C[C@H](CN2CCCC2)C1. The van der Waals surface area contributed by atoms with Crippen LogP contribution in [0.1, 0.15) is 18.5 Å². The van der Waals surface area contributed by atoms with Gasteiger partial charge in [-0.25, -0.2) is 12.8 Å². The summed E-state index contributed by atoms with van der Waals surface area (Å²) in [5, 5.41) is 4.37. The summed E-state index contributed by atoms with van der Waals surface area (Å²) in [6, 6.07) is 6.92. The van der Waals surface area contributed by atoms with E-state index in [9.17, 15) is 12.8 Å². The van der Waals surface area contributed by atoms with E-state index in [1.807, 2.05) is 10.7 Å². The molecule has 6 nitrogen and oxygen atoms in total. The number of likely N-dealkylation sites (tertiary alicyclic amines) is 1. The van der Waals surface area contributed by atoms with Crippen molar-refractivity contribution in [1.29, 1.82) is 0 Å². The summed E-state index contributed by atoms with van der Waals surface area (Å²) >= 11 is 0. The molecule has 2 aliphatic rings. The maximum atomic E-state index is 13.2. The van der Waals surface area contributed by atoms with Crippen LogP contribution in [0.3, 0.4) is 0 Å². The summed E-state index contributed by atoms with van der Waals surface area (Å²) < 4.78 is 42.9. The van der Waals surface area contributed by atoms with Gasteiger partial charge in [-0.2, -0.15) is 9.40 Å². The number of aromatic nitrogens is 2. The van der Waals surface area contributed by atoms with E-state index in [0.717, 1.165) is 25.3 Å². The summed E-state index contributed by atoms with van der Waals surface area (Å²) in [7, 11) is -3.68. The largest absolute Gasteiger partial charge is 0.303 e. The highest BCUT2D eigenvalue weighted by Gasteiger charge is 2.32. The van der Waals surface area contributed by atoms with E-state index in [-0.39, 0.29) is 17.4 Å². The minimum atomic E-state index is -3.68. The van der Waals surface area contributed by atoms with Gasteiger partial charge in [-0.15, -0.1) is 0 Å². The lowest BCUT2D eigenvalue weighted by molar-refractivity contribution is 0.233. The molecular weight excluding hydrogens is 355 g/mol. The molecule has 1 atom stereocenters. The smallest absolute Gasteiger partial charge is 0.243 e. The molecule has 1 aromatic heterocycles. The Labute approximate surface area is 153 Å². The quantitative estimate of drug-likeness (QED) is 0.816. The van der Waals surface area contributed by atoms with Gasteiger partial charge in [0.15, 0.2) is 0 Å². The minimum absolute atomic E-state index is 0.131. The van der Waals surface area contributed by atoms with Crippen molar-refractivity contribution in [2.75, 3.05) is 26.2 Å². The van der Waals surface area contributed by atoms with E-state index in [4.69, 9.17) is 0 Å². The van der Waals surface area contributed by atoms with Crippen molar-refractivity contribution in [1.82, 2.24) is 19.0 Å². The highest BCUT2D eigenvalue weighted by Crippen LogP contribution is 2.25. The minimum Gasteiger partial charge on any atom is -0.303 e. The monoisotopic (exact) mass is 378 g/mol. The van der Waals surface area contributed by atoms with Crippen molar-refractivity contribution in [2.24, 2.45) is 5.92 Å². The van der Waals surface area contributed by atoms with Crippen LogP contribution in [0.25, 0.3) is 0 Å². The molecule has 0 N–H and O–H groups in total. The van der Waals surface area contributed by atoms with E-state index < -0.39 is 15.8 Å². The van der Waals surface area contributed by atoms with Crippen LogP contribution in [0.15, 0.2) is 41.4 Å². The van der Waals surface area contributed by atoms with Gasteiger partial charge in [0, 0.05) is 31.7 Å². The molecule has 140 valence electrons. The number of fused-ring (bicyclic) bond motifs is 1. The number of hydrogen-bond acceptors (Lipinski definition) is 4. The van der Waals surface area contributed by atoms with E-state index in [1.165, 1.54) is 41.4 Å². The third-order valence-corrected chi connectivity index (χ3v) is 7.03. The fraction of sp³-hybridized carbons (Fsp3) is 0.500. The van der Waals surface area contributed by atoms with Crippen molar-refractivity contribution < 1.29 is 12.8 Å². The van der Waals surface area contributed by atoms with Crippen LogP contribution in [0.2, 0.25) is 0 Å². The van der Waals surface area contributed by atoms with Gasteiger partial charge in [0.2, 0.25) is 10.0 Å². The van der Waals surface area contributed by atoms with E-state index in [2.05, 4.69) is 10.00 Å². The van der Waals surface area contributed by atoms with Crippen molar-refractivity contribution in [3.63, 3.8) is 0 Å². The van der Waals surface area contributed by atoms with Gasteiger partial charge in [0.1, 0.15) is 5.82 Å². The summed E-state index contributed by atoms with van der Waals surface area (Å²) in [6.45, 7) is 4.47. The van der Waals surface area contributed by atoms with Crippen LogP contribution >= 0.6 is 0 Å². The summed E-state index contributed by atoms with van der Waals surface area (Å²) in [4.78, 5) is 2.54. The molecule has 1 saturated heterocycles. The van der Waals surface area contributed by atoms with E-state index >= 15 is 0 Å². The Morgan fingerprint density at radius 3 is 2.54 bits per heavy atom. The molecule has 2 aromatic rings. The Morgan fingerprint density at radius 2 is 1.81 bits per heavy atom. The molecule has 2 aliphatic heterocycles.